The van der Waals surface area contributed by atoms with Gasteiger partial charge in [0, 0.05) is 22.9 Å². The third-order valence-corrected chi connectivity index (χ3v) is 6.98. The number of alkyl halides is 3. The van der Waals surface area contributed by atoms with Crippen LogP contribution in [0.25, 0.3) is 16.6 Å². The van der Waals surface area contributed by atoms with E-state index in [-0.39, 0.29) is 17.2 Å². The third kappa shape index (κ3) is 4.36. The van der Waals surface area contributed by atoms with Crippen molar-refractivity contribution in [1.82, 2.24) is 14.2 Å². The molecule has 8 heteroatoms. The lowest BCUT2D eigenvalue weighted by Gasteiger charge is -2.22. The normalized spacial score (nSPS) is 15.2. The number of fused-ring (bicyclic) bond motifs is 1. The number of aromatic nitrogens is 3. The molecule has 0 bridgehead atoms. The van der Waals surface area contributed by atoms with Gasteiger partial charge in [-0.15, -0.1) is 0 Å². The van der Waals surface area contributed by atoms with Crippen LogP contribution >= 0.6 is 0 Å². The smallest absolute Gasteiger partial charge is 0.317 e. The third-order valence-electron chi connectivity index (χ3n) is 6.98. The Morgan fingerprint density at radius 2 is 1.69 bits per heavy atom. The molecule has 5 rings (SSSR count). The molecule has 0 radical (unpaired) electrons. The molecule has 0 spiro atoms. The van der Waals surface area contributed by atoms with E-state index in [4.69, 9.17) is 4.98 Å². The highest BCUT2D eigenvalue weighted by atomic mass is 19.4. The molecule has 4 aromatic rings. The Kier molecular flexibility index (Phi) is 6.28. The van der Waals surface area contributed by atoms with Crippen molar-refractivity contribution in [3.05, 3.63) is 93.3 Å². The summed E-state index contributed by atoms with van der Waals surface area (Å²) in [7, 11) is 0. The summed E-state index contributed by atoms with van der Waals surface area (Å²) in [6, 6.07) is 14.5. The molecule has 1 aliphatic rings. The number of benzene rings is 2. The zero-order chi connectivity index (χ0) is 25.4. The number of hydrogen-bond donors (Lipinski definition) is 0. The Balaban J connectivity index is 1.62. The van der Waals surface area contributed by atoms with E-state index in [0.29, 0.717) is 33.7 Å². The lowest BCUT2D eigenvalue weighted by molar-refractivity contribution is -0.137. The van der Waals surface area contributed by atoms with E-state index >= 15 is 0 Å². The Bertz CT molecular complexity index is 1510. The Morgan fingerprint density at radius 3 is 2.44 bits per heavy atom. The molecule has 0 unspecified atom stereocenters. The van der Waals surface area contributed by atoms with Crippen molar-refractivity contribution in [1.29, 1.82) is 0 Å². The fourth-order valence-corrected chi connectivity index (χ4v) is 5.19. The first kappa shape index (κ1) is 24.0. The quantitative estimate of drug-likeness (QED) is 0.296. The molecule has 2 heterocycles. The molecule has 2 aromatic heterocycles. The van der Waals surface area contributed by atoms with Crippen LogP contribution in [0.15, 0.2) is 64.5 Å². The van der Waals surface area contributed by atoms with Crippen LogP contribution in [0, 0.1) is 13.8 Å². The van der Waals surface area contributed by atoms with Gasteiger partial charge in [0.1, 0.15) is 5.82 Å². The molecule has 2 aromatic carbocycles. The average Bonchev–Trinajstić information content (AvgIpc) is 3.16. The molecule has 186 valence electrons. The molecule has 1 fully saturated rings. The van der Waals surface area contributed by atoms with E-state index in [1.807, 2.05) is 12.1 Å². The van der Waals surface area contributed by atoms with E-state index < -0.39 is 11.7 Å². The maximum absolute atomic E-state index is 13.7. The highest BCUT2D eigenvalue weighted by molar-refractivity contribution is 5.83. The number of para-hydroxylation sites is 2. The lowest BCUT2D eigenvalue weighted by Crippen LogP contribution is -2.25. The maximum atomic E-state index is 13.7. The number of hydrogen-bond acceptors (Lipinski definition) is 3. The fraction of sp³-hybridized carbons (Fsp3) is 0.321. The first-order valence-electron chi connectivity index (χ1n) is 12.2. The van der Waals surface area contributed by atoms with Crippen LogP contribution in [0.2, 0.25) is 0 Å². The molecule has 1 saturated carbocycles. The van der Waals surface area contributed by atoms with Crippen molar-refractivity contribution in [3.8, 4) is 5.69 Å². The summed E-state index contributed by atoms with van der Waals surface area (Å²) in [5, 5.41) is 5.05. The topological polar surface area (TPSA) is 52.2 Å². The summed E-state index contributed by atoms with van der Waals surface area (Å²) in [4.78, 5) is 18.2. The summed E-state index contributed by atoms with van der Waals surface area (Å²) in [6.45, 7) is 3.51. The fourth-order valence-electron chi connectivity index (χ4n) is 5.19. The van der Waals surface area contributed by atoms with Gasteiger partial charge in [0.25, 0.3) is 5.56 Å². The number of nitrogens with zero attached hydrogens (tertiary/aromatic N) is 4. The second kappa shape index (κ2) is 9.41. The minimum Gasteiger partial charge on any atom is -0.317 e. The number of rotatable bonds is 4. The molecule has 0 saturated heterocycles. The van der Waals surface area contributed by atoms with Gasteiger partial charge >= 0.3 is 6.18 Å². The van der Waals surface area contributed by atoms with E-state index in [9.17, 15) is 18.0 Å². The van der Waals surface area contributed by atoms with Gasteiger partial charge in [-0.05, 0) is 57.0 Å². The molecule has 36 heavy (non-hydrogen) atoms. The van der Waals surface area contributed by atoms with Crippen molar-refractivity contribution in [2.75, 3.05) is 0 Å². The predicted molar refractivity (Wildman–Crippen MR) is 135 cm³/mol. The standard InChI is InChI=1S/C28H27F3N4O/c1-18-16-21(19(2)34(18)25-15-9-7-13-23(25)28(29,30)31)17-32-35-26(20-10-4-3-5-11-20)33-24-14-8-6-12-22(24)27(35)36/h6-9,12-17,20H,3-5,10-11H2,1-2H3. The molecule has 0 aliphatic heterocycles. The highest BCUT2D eigenvalue weighted by Crippen LogP contribution is 2.35. The van der Waals surface area contributed by atoms with Gasteiger partial charge in [-0.1, -0.05) is 43.5 Å². The van der Waals surface area contributed by atoms with Gasteiger partial charge in [-0.25, -0.2) is 4.98 Å². The van der Waals surface area contributed by atoms with Crippen molar-refractivity contribution in [3.63, 3.8) is 0 Å². The van der Waals surface area contributed by atoms with Crippen LogP contribution in [-0.2, 0) is 6.18 Å². The van der Waals surface area contributed by atoms with E-state index in [2.05, 4.69) is 5.10 Å². The molecule has 0 N–H and O–H groups in total. The van der Waals surface area contributed by atoms with Gasteiger partial charge in [-0.2, -0.15) is 22.9 Å². The lowest BCUT2D eigenvalue weighted by atomic mass is 9.88. The van der Waals surface area contributed by atoms with Gasteiger partial charge in [0.15, 0.2) is 0 Å². The molecule has 1 aliphatic carbocycles. The molecule has 0 atom stereocenters. The number of halogens is 3. The Labute approximate surface area is 206 Å². The SMILES string of the molecule is Cc1cc(C=Nn2c(C3CCCCC3)nc3ccccc3c2=O)c(C)n1-c1ccccc1C(F)(F)F. The van der Waals surface area contributed by atoms with Crippen LogP contribution in [-0.4, -0.2) is 20.4 Å². The van der Waals surface area contributed by atoms with Crippen molar-refractivity contribution in [2.24, 2.45) is 5.10 Å². The monoisotopic (exact) mass is 492 g/mol. The summed E-state index contributed by atoms with van der Waals surface area (Å²) >= 11 is 0. The summed E-state index contributed by atoms with van der Waals surface area (Å²) in [5.74, 6) is 0.783. The van der Waals surface area contributed by atoms with E-state index in [1.54, 1.807) is 48.9 Å². The maximum Gasteiger partial charge on any atom is 0.418 e. The summed E-state index contributed by atoms with van der Waals surface area (Å²) in [6.07, 6.45) is 2.30. The van der Waals surface area contributed by atoms with E-state index in [1.165, 1.54) is 23.2 Å². The zero-order valence-corrected chi connectivity index (χ0v) is 20.2. The van der Waals surface area contributed by atoms with Crippen LogP contribution < -0.4 is 5.56 Å². The van der Waals surface area contributed by atoms with Gasteiger partial charge in [0.05, 0.1) is 28.4 Å². The second-order valence-corrected chi connectivity index (χ2v) is 9.36. The van der Waals surface area contributed by atoms with Crippen LogP contribution in [0.5, 0.6) is 0 Å². The average molecular weight is 493 g/mol. The Hall–Kier alpha value is -3.68. The highest BCUT2D eigenvalue weighted by Gasteiger charge is 2.34. The molecular formula is C28H27F3N4O. The Morgan fingerprint density at radius 1 is 1.00 bits per heavy atom. The molecule has 0 amide bonds. The van der Waals surface area contributed by atoms with Crippen LogP contribution in [0.4, 0.5) is 13.2 Å². The summed E-state index contributed by atoms with van der Waals surface area (Å²) < 4.78 is 44.0. The van der Waals surface area contributed by atoms with Gasteiger partial charge < -0.3 is 4.57 Å². The second-order valence-electron chi connectivity index (χ2n) is 9.36. The minimum atomic E-state index is -4.48. The molecular weight excluding hydrogens is 465 g/mol. The summed E-state index contributed by atoms with van der Waals surface area (Å²) in [5.41, 5.74) is 1.65. The van der Waals surface area contributed by atoms with Crippen LogP contribution in [0.3, 0.4) is 0 Å². The zero-order valence-electron chi connectivity index (χ0n) is 20.2. The van der Waals surface area contributed by atoms with Crippen molar-refractivity contribution >= 4 is 17.1 Å². The number of aryl methyl sites for hydroxylation is 1. The van der Waals surface area contributed by atoms with E-state index in [0.717, 1.165) is 31.7 Å². The van der Waals surface area contributed by atoms with Crippen LogP contribution in [0.1, 0.15) is 66.4 Å². The van der Waals surface area contributed by atoms with Gasteiger partial charge in [0.2, 0.25) is 0 Å². The van der Waals surface area contributed by atoms with Crippen molar-refractivity contribution < 1.29 is 13.2 Å². The first-order chi connectivity index (χ1) is 17.3. The van der Waals surface area contributed by atoms with Gasteiger partial charge in [-0.3, -0.25) is 4.79 Å². The largest absolute Gasteiger partial charge is 0.418 e. The van der Waals surface area contributed by atoms with Crippen molar-refractivity contribution in [2.45, 2.75) is 58.0 Å². The first-order valence-corrected chi connectivity index (χ1v) is 12.2. The minimum absolute atomic E-state index is 0.0621. The molecule has 5 nitrogen and oxygen atoms in total. The predicted octanol–water partition coefficient (Wildman–Crippen LogP) is 6.75.